The minimum Gasteiger partial charge on any atom is -0.454 e. The van der Waals surface area contributed by atoms with Gasteiger partial charge < -0.3 is 13.6 Å². The number of aromatic nitrogens is 4. The summed E-state index contributed by atoms with van der Waals surface area (Å²) in [5.41, 5.74) is 12.2. The highest BCUT2D eigenvalue weighted by Gasteiger charge is 2.27. The zero-order chi connectivity index (χ0) is 36.0. The second-order valence-corrected chi connectivity index (χ2v) is 14.1. The van der Waals surface area contributed by atoms with Crippen molar-refractivity contribution in [1.82, 2.24) is 19.1 Å². The predicted octanol–water partition coefficient (Wildman–Crippen LogP) is 13.1. The Hall–Kier alpha value is -7.50. The predicted molar refractivity (Wildman–Crippen MR) is 226 cm³/mol. The molecule has 55 heavy (non-hydrogen) atoms. The van der Waals surface area contributed by atoms with E-state index in [1.54, 1.807) is 0 Å². The highest BCUT2D eigenvalue weighted by molar-refractivity contribution is 6.39. The topological polar surface area (TPSA) is 48.8 Å². The zero-order valence-corrected chi connectivity index (χ0v) is 29.5. The third kappa shape index (κ3) is 4.29. The minimum absolute atomic E-state index is 0.689. The summed E-state index contributed by atoms with van der Waals surface area (Å²) >= 11 is 0. The van der Waals surface area contributed by atoms with Crippen LogP contribution in [0.25, 0.3) is 110 Å². The molecule has 5 nitrogen and oxygen atoms in total. The SMILES string of the molecule is c1ccc(-c2nc(-c3cccc(-n4c5ccccc5c5c6c7ccccc7oc6c6c(c7ccccc7n6-c6ccccc6)c54)c3)nc3ccccc23)cc1. The standard InChI is InChI=1S/C50H30N4O/c1-3-16-31(17-4-1)46-35-22-7-11-26-39(35)51-50(52-46)32-18-15-21-34(30-32)54-40-27-12-8-23-36(40)43-44-38-25-10-14-29-42(38)55-49(44)48-45(47(43)54)37-24-9-13-28-41(37)53(48)33-19-5-2-6-20-33/h1-30H. The second kappa shape index (κ2) is 11.5. The maximum absolute atomic E-state index is 6.94. The van der Waals surface area contributed by atoms with E-state index in [0.717, 1.165) is 88.5 Å². The van der Waals surface area contributed by atoms with Crippen LogP contribution in [0.2, 0.25) is 0 Å². The summed E-state index contributed by atoms with van der Waals surface area (Å²) < 4.78 is 11.8. The van der Waals surface area contributed by atoms with Crippen LogP contribution in [0.1, 0.15) is 0 Å². The largest absolute Gasteiger partial charge is 0.454 e. The average molecular weight is 703 g/mol. The maximum atomic E-state index is 6.94. The van der Waals surface area contributed by atoms with E-state index in [1.165, 1.54) is 16.2 Å². The van der Waals surface area contributed by atoms with Crippen LogP contribution in [-0.4, -0.2) is 19.1 Å². The van der Waals surface area contributed by atoms with Crippen molar-refractivity contribution >= 4 is 76.5 Å². The first kappa shape index (κ1) is 30.0. The van der Waals surface area contributed by atoms with Gasteiger partial charge in [-0.1, -0.05) is 133 Å². The van der Waals surface area contributed by atoms with Crippen molar-refractivity contribution in [2.24, 2.45) is 0 Å². The van der Waals surface area contributed by atoms with Crippen molar-refractivity contribution in [3.05, 3.63) is 182 Å². The minimum atomic E-state index is 0.689. The number of benzene rings is 8. The van der Waals surface area contributed by atoms with Crippen LogP contribution in [0.3, 0.4) is 0 Å². The lowest BCUT2D eigenvalue weighted by Gasteiger charge is -2.13. The van der Waals surface area contributed by atoms with Crippen molar-refractivity contribution in [2.45, 2.75) is 0 Å². The highest BCUT2D eigenvalue weighted by atomic mass is 16.3. The summed E-state index contributed by atoms with van der Waals surface area (Å²) in [4.78, 5) is 10.4. The molecule has 0 bridgehead atoms. The van der Waals surface area contributed by atoms with Crippen LogP contribution < -0.4 is 0 Å². The van der Waals surface area contributed by atoms with Gasteiger partial charge in [-0.25, -0.2) is 9.97 Å². The first-order valence-electron chi connectivity index (χ1n) is 18.6. The zero-order valence-electron chi connectivity index (χ0n) is 29.5. The Morgan fingerprint density at radius 1 is 0.400 bits per heavy atom. The molecule has 5 heteroatoms. The molecule has 0 saturated heterocycles. The Kier molecular flexibility index (Phi) is 6.27. The first-order chi connectivity index (χ1) is 27.3. The number of para-hydroxylation sites is 5. The molecule has 256 valence electrons. The fourth-order valence-corrected chi connectivity index (χ4v) is 8.80. The van der Waals surface area contributed by atoms with Crippen LogP contribution in [0, 0.1) is 0 Å². The van der Waals surface area contributed by atoms with E-state index in [2.05, 4.69) is 179 Å². The van der Waals surface area contributed by atoms with Crippen LogP contribution in [-0.2, 0) is 0 Å². The van der Waals surface area contributed by atoms with Gasteiger partial charge >= 0.3 is 0 Å². The van der Waals surface area contributed by atoms with Crippen molar-refractivity contribution in [3.8, 4) is 34.0 Å². The third-order valence-corrected chi connectivity index (χ3v) is 11.1. The number of rotatable bonds is 4. The molecule has 4 heterocycles. The average Bonchev–Trinajstić information content (AvgIpc) is 3.92. The van der Waals surface area contributed by atoms with Crippen molar-refractivity contribution in [1.29, 1.82) is 0 Å². The van der Waals surface area contributed by atoms with Gasteiger partial charge in [-0.3, -0.25) is 0 Å². The maximum Gasteiger partial charge on any atom is 0.160 e. The molecule has 8 aromatic carbocycles. The van der Waals surface area contributed by atoms with Crippen LogP contribution >= 0.6 is 0 Å². The second-order valence-electron chi connectivity index (χ2n) is 14.1. The van der Waals surface area contributed by atoms with Gasteiger partial charge in [0, 0.05) is 60.2 Å². The summed E-state index contributed by atoms with van der Waals surface area (Å²) in [5.74, 6) is 0.689. The fraction of sp³-hybridized carbons (Fsp3) is 0. The van der Waals surface area contributed by atoms with Gasteiger partial charge in [0.2, 0.25) is 0 Å². The molecule has 0 unspecified atom stereocenters. The molecule has 0 saturated carbocycles. The third-order valence-electron chi connectivity index (χ3n) is 11.1. The molecule has 0 radical (unpaired) electrons. The molecular formula is C50H30N4O. The van der Waals surface area contributed by atoms with Crippen molar-refractivity contribution in [2.75, 3.05) is 0 Å². The van der Waals surface area contributed by atoms with Crippen LogP contribution in [0.4, 0.5) is 0 Å². The summed E-state index contributed by atoms with van der Waals surface area (Å²) in [6.07, 6.45) is 0. The monoisotopic (exact) mass is 702 g/mol. The van der Waals surface area contributed by atoms with Gasteiger partial charge in [0.15, 0.2) is 11.4 Å². The Morgan fingerprint density at radius 2 is 0.982 bits per heavy atom. The van der Waals surface area contributed by atoms with Crippen LogP contribution in [0.5, 0.6) is 0 Å². The van der Waals surface area contributed by atoms with Crippen LogP contribution in [0.15, 0.2) is 186 Å². The molecule has 0 fully saturated rings. The highest BCUT2D eigenvalue weighted by Crippen LogP contribution is 2.49. The van der Waals surface area contributed by atoms with Gasteiger partial charge in [0.25, 0.3) is 0 Å². The van der Waals surface area contributed by atoms with Gasteiger partial charge in [-0.2, -0.15) is 0 Å². The molecule has 0 spiro atoms. The molecular weight excluding hydrogens is 673 g/mol. The first-order valence-corrected chi connectivity index (χ1v) is 18.6. The smallest absolute Gasteiger partial charge is 0.160 e. The van der Waals surface area contributed by atoms with E-state index in [-0.39, 0.29) is 0 Å². The quantitative estimate of drug-likeness (QED) is 0.183. The van der Waals surface area contributed by atoms with E-state index in [0.29, 0.717) is 5.82 Å². The Bertz CT molecular complexity index is 3480. The number of furan rings is 1. The summed E-state index contributed by atoms with van der Waals surface area (Å²) in [7, 11) is 0. The fourth-order valence-electron chi connectivity index (χ4n) is 8.80. The van der Waals surface area contributed by atoms with E-state index < -0.39 is 0 Å². The molecule has 0 aliphatic heterocycles. The summed E-state index contributed by atoms with van der Waals surface area (Å²) in [5, 5.41) is 7.92. The summed E-state index contributed by atoms with van der Waals surface area (Å²) in [6, 6.07) is 63.9. The normalized spacial score (nSPS) is 12.0. The van der Waals surface area contributed by atoms with Crippen molar-refractivity contribution in [3.63, 3.8) is 0 Å². The molecule has 0 amide bonds. The molecule has 0 N–H and O–H groups in total. The van der Waals surface area contributed by atoms with E-state index >= 15 is 0 Å². The number of hydrogen-bond acceptors (Lipinski definition) is 3. The summed E-state index contributed by atoms with van der Waals surface area (Å²) in [6.45, 7) is 0. The Labute approximate surface area is 315 Å². The van der Waals surface area contributed by atoms with Gasteiger partial charge in [-0.15, -0.1) is 0 Å². The van der Waals surface area contributed by atoms with E-state index in [1.807, 2.05) is 12.1 Å². The Morgan fingerprint density at radius 3 is 1.76 bits per heavy atom. The lowest BCUT2D eigenvalue weighted by Crippen LogP contribution is -1.98. The molecule has 0 aliphatic rings. The molecule has 4 aromatic heterocycles. The van der Waals surface area contributed by atoms with Gasteiger partial charge in [0.1, 0.15) is 5.58 Å². The number of fused-ring (bicyclic) bond motifs is 13. The van der Waals surface area contributed by atoms with Gasteiger partial charge in [0.05, 0.1) is 33.3 Å². The number of nitrogens with zero attached hydrogens (tertiary/aromatic N) is 4. The molecule has 12 aromatic rings. The van der Waals surface area contributed by atoms with Crippen molar-refractivity contribution < 1.29 is 4.42 Å². The lowest BCUT2D eigenvalue weighted by molar-refractivity contribution is 0.671. The Balaban J connectivity index is 1.24. The van der Waals surface area contributed by atoms with E-state index in [9.17, 15) is 0 Å². The number of hydrogen-bond donors (Lipinski definition) is 0. The molecule has 12 rings (SSSR count). The molecule has 0 atom stereocenters. The van der Waals surface area contributed by atoms with E-state index in [4.69, 9.17) is 14.4 Å². The lowest BCUT2D eigenvalue weighted by atomic mass is 10.0. The van der Waals surface area contributed by atoms with Gasteiger partial charge in [-0.05, 0) is 48.5 Å². The molecule has 0 aliphatic carbocycles.